The molecule has 0 fully saturated rings. The van der Waals surface area contributed by atoms with Gasteiger partial charge in [0.15, 0.2) is 0 Å². The number of fused-ring (bicyclic) bond motifs is 1. The van der Waals surface area contributed by atoms with Crippen molar-refractivity contribution < 1.29 is 18.3 Å². The Hall–Kier alpha value is -1.56. The first kappa shape index (κ1) is 12.9. The molecular formula is C12H13F3N2O. The normalized spacial score (nSPS) is 14.0. The maximum Gasteiger partial charge on any atom is 0.389 e. The molecule has 6 heteroatoms. The van der Waals surface area contributed by atoms with Crippen molar-refractivity contribution in [3.63, 3.8) is 0 Å². The average Bonchev–Trinajstić information content (AvgIpc) is 2.70. The molecule has 2 aromatic heterocycles. The minimum absolute atomic E-state index is 0.0589. The maximum absolute atomic E-state index is 12.0. The van der Waals surface area contributed by atoms with Crippen LogP contribution in [0.25, 0.3) is 5.65 Å². The van der Waals surface area contributed by atoms with Crippen molar-refractivity contribution in [3.05, 3.63) is 36.3 Å². The fourth-order valence-electron chi connectivity index (χ4n) is 1.76. The predicted molar refractivity (Wildman–Crippen MR) is 60.1 cm³/mol. The van der Waals surface area contributed by atoms with E-state index in [4.69, 9.17) is 0 Å². The first-order chi connectivity index (χ1) is 8.46. The van der Waals surface area contributed by atoms with Crippen LogP contribution in [-0.4, -0.2) is 20.7 Å². The third kappa shape index (κ3) is 3.22. The summed E-state index contributed by atoms with van der Waals surface area (Å²) in [6, 6.07) is 5.39. The average molecular weight is 258 g/mol. The van der Waals surface area contributed by atoms with E-state index >= 15 is 0 Å². The number of nitrogens with zero attached hydrogens (tertiary/aromatic N) is 2. The number of halogens is 3. The van der Waals surface area contributed by atoms with Crippen molar-refractivity contribution in [3.8, 4) is 0 Å². The van der Waals surface area contributed by atoms with Crippen LogP contribution in [0, 0.1) is 0 Å². The largest absolute Gasteiger partial charge is 0.389 e. The highest BCUT2D eigenvalue weighted by molar-refractivity contribution is 5.39. The Kier molecular flexibility index (Phi) is 3.56. The summed E-state index contributed by atoms with van der Waals surface area (Å²) < 4.78 is 37.6. The van der Waals surface area contributed by atoms with E-state index in [1.807, 2.05) is 12.1 Å². The first-order valence-corrected chi connectivity index (χ1v) is 5.64. The number of hydrogen-bond acceptors (Lipinski definition) is 2. The van der Waals surface area contributed by atoms with Crippen LogP contribution in [0.1, 0.15) is 31.1 Å². The van der Waals surface area contributed by atoms with Crippen molar-refractivity contribution >= 4 is 5.65 Å². The molecule has 0 aliphatic heterocycles. The van der Waals surface area contributed by atoms with Crippen LogP contribution in [0.3, 0.4) is 0 Å². The highest BCUT2D eigenvalue weighted by Crippen LogP contribution is 2.26. The Morgan fingerprint density at radius 2 is 2.11 bits per heavy atom. The van der Waals surface area contributed by atoms with Crippen LogP contribution in [-0.2, 0) is 0 Å². The van der Waals surface area contributed by atoms with E-state index in [9.17, 15) is 18.3 Å². The zero-order valence-electron chi connectivity index (χ0n) is 9.56. The summed E-state index contributed by atoms with van der Waals surface area (Å²) in [6.07, 6.45) is -2.63. The molecule has 0 radical (unpaired) electrons. The van der Waals surface area contributed by atoms with Crippen LogP contribution in [0.5, 0.6) is 0 Å². The molecule has 2 rings (SSSR count). The standard InChI is InChI=1S/C12H13F3N2O/c13-12(14,15)6-3-4-10(18)9-8-17-7-2-1-5-11(17)16-9/h1-2,5,7-8,10,18H,3-4,6H2. The SMILES string of the molecule is OC(CCCC(F)(F)F)c1cn2ccccc2n1. The minimum Gasteiger partial charge on any atom is -0.387 e. The van der Waals surface area contributed by atoms with Gasteiger partial charge in [-0.1, -0.05) is 6.07 Å². The first-order valence-electron chi connectivity index (χ1n) is 5.64. The van der Waals surface area contributed by atoms with Crippen LogP contribution in [0.4, 0.5) is 13.2 Å². The molecule has 0 saturated heterocycles. The lowest BCUT2D eigenvalue weighted by Crippen LogP contribution is -2.08. The van der Waals surface area contributed by atoms with Crippen LogP contribution in [0.15, 0.2) is 30.6 Å². The Morgan fingerprint density at radius 3 is 2.78 bits per heavy atom. The maximum atomic E-state index is 12.0. The molecule has 2 aromatic rings. The Bertz CT molecular complexity index is 488. The van der Waals surface area contributed by atoms with Crippen LogP contribution >= 0.6 is 0 Å². The topological polar surface area (TPSA) is 37.5 Å². The number of imidazole rings is 1. The molecule has 0 amide bonds. The molecule has 18 heavy (non-hydrogen) atoms. The van der Waals surface area contributed by atoms with Gasteiger partial charge in [0.2, 0.25) is 0 Å². The van der Waals surface area contributed by atoms with E-state index in [0.717, 1.165) is 0 Å². The summed E-state index contributed by atoms with van der Waals surface area (Å²) in [5, 5.41) is 9.78. The number of pyridine rings is 1. The fourth-order valence-corrected chi connectivity index (χ4v) is 1.76. The van der Waals surface area contributed by atoms with E-state index < -0.39 is 18.7 Å². The summed E-state index contributed by atoms with van der Waals surface area (Å²) >= 11 is 0. The second-order valence-corrected chi connectivity index (χ2v) is 4.16. The van der Waals surface area contributed by atoms with Gasteiger partial charge in [-0.2, -0.15) is 13.2 Å². The van der Waals surface area contributed by atoms with Gasteiger partial charge in [0.1, 0.15) is 5.65 Å². The quantitative estimate of drug-likeness (QED) is 0.915. The van der Waals surface area contributed by atoms with Gasteiger partial charge < -0.3 is 9.51 Å². The number of rotatable bonds is 4. The van der Waals surface area contributed by atoms with Gasteiger partial charge in [-0.05, 0) is 25.0 Å². The highest BCUT2D eigenvalue weighted by atomic mass is 19.4. The lowest BCUT2D eigenvalue weighted by atomic mass is 10.1. The molecular weight excluding hydrogens is 245 g/mol. The second kappa shape index (κ2) is 4.97. The summed E-state index contributed by atoms with van der Waals surface area (Å²) in [5.41, 5.74) is 1.07. The predicted octanol–water partition coefficient (Wildman–Crippen LogP) is 3.10. The van der Waals surface area contributed by atoms with Gasteiger partial charge in [-0.3, -0.25) is 0 Å². The molecule has 1 unspecified atom stereocenters. The van der Waals surface area contributed by atoms with E-state index in [1.54, 1.807) is 22.9 Å². The molecule has 0 saturated carbocycles. The zero-order valence-corrected chi connectivity index (χ0v) is 9.56. The fraction of sp³-hybridized carbons (Fsp3) is 0.417. The smallest absolute Gasteiger partial charge is 0.387 e. The molecule has 2 heterocycles. The lowest BCUT2D eigenvalue weighted by molar-refractivity contribution is -0.136. The number of aliphatic hydroxyl groups is 1. The van der Waals surface area contributed by atoms with Crippen molar-refractivity contribution in [2.24, 2.45) is 0 Å². The van der Waals surface area contributed by atoms with Crippen LogP contribution < -0.4 is 0 Å². The molecule has 0 aliphatic rings. The Morgan fingerprint density at radius 1 is 1.33 bits per heavy atom. The van der Waals surface area contributed by atoms with E-state index in [-0.39, 0.29) is 12.8 Å². The number of hydrogen-bond donors (Lipinski definition) is 1. The molecule has 1 atom stereocenters. The van der Waals surface area contributed by atoms with Gasteiger partial charge in [-0.25, -0.2) is 4.98 Å². The van der Waals surface area contributed by atoms with Crippen LogP contribution in [0.2, 0.25) is 0 Å². The second-order valence-electron chi connectivity index (χ2n) is 4.16. The van der Waals surface area contributed by atoms with Gasteiger partial charge in [0.05, 0.1) is 11.8 Å². The summed E-state index contributed by atoms with van der Waals surface area (Å²) in [6.45, 7) is 0. The third-order valence-corrected chi connectivity index (χ3v) is 2.66. The minimum atomic E-state index is -4.17. The Labute approximate surface area is 102 Å². The van der Waals surface area contributed by atoms with Gasteiger partial charge in [0, 0.05) is 18.8 Å². The van der Waals surface area contributed by atoms with Gasteiger partial charge >= 0.3 is 6.18 Å². The van der Waals surface area contributed by atoms with Crippen molar-refractivity contribution in [1.82, 2.24) is 9.38 Å². The molecule has 0 aromatic carbocycles. The molecule has 3 nitrogen and oxygen atoms in total. The van der Waals surface area contributed by atoms with Gasteiger partial charge in [-0.15, -0.1) is 0 Å². The van der Waals surface area contributed by atoms with Crippen molar-refractivity contribution in [2.75, 3.05) is 0 Å². The number of aliphatic hydroxyl groups excluding tert-OH is 1. The molecule has 0 aliphatic carbocycles. The highest BCUT2D eigenvalue weighted by Gasteiger charge is 2.26. The van der Waals surface area contributed by atoms with E-state index in [0.29, 0.717) is 11.3 Å². The number of alkyl halides is 3. The summed E-state index contributed by atoms with van der Waals surface area (Å²) in [5.74, 6) is 0. The molecule has 0 bridgehead atoms. The monoisotopic (exact) mass is 258 g/mol. The van der Waals surface area contributed by atoms with Crippen molar-refractivity contribution in [2.45, 2.75) is 31.5 Å². The van der Waals surface area contributed by atoms with Crippen molar-refractivity contribution in [1.29, 1.82) is 0 Å². The van der Waals surface area contributed by atoms with E-state index in [2.05, 4.69) is 4.98 Å². The van der Waals surface area contributed by atoms with E-state index in [1.165, 1.54) is 0 Å². The zero-order chi connectivity index (χ0) is 13.2. The molecule has 98 valence electrons. The number of aromatic nitrogens is 2. The third-order valence-electron chi connectivity index (χ3n) is 2.66. The summed E-state index contributed by atoms with van der Waals surface area (Å²) in [7, 11) is 0. The molecule has 0 spiro atoms. The lowest BCUT2D eigenvalue weighted by Gasteiger charge is -2.09. The molecule has 1 N–H and O–H groups in total. The Balaban J connectivity index is 1.98. The summed E-state index contributed by atoms with van der Waals surface area (Å²) in [4.78, 5) is 4.16. The van der Waals surface area contributed by atoms with Gasteiger partial charge in [0.25, 0.3) is 0 Å².